The molecule has 2 rings (SSSR count). The Morgan fingerprint density at radius 1 is 0.935 bits per heavy atom. The van der Waals surface area contributed by atoms with Gasteiger partial charge in [-0.15, -0.1) is 0 Å². The van der Waals surface area contributed by atoms with Crippen molar-refractivity contribution in [2.24, 2.45) is 0 Å². The largest absolute Gasteiger partial charge is 0.500 e. The summed E-state index contributed by atoms with van der Waals surface area (Å²) >= 11 is 0. The Hall–Kier alpha value is -3.33. The summed E-state index contributed by atoms with van der Waals surface area (Å²) in [5.74, 6) is -2.41. The molecule has 0 saturated carbocycles. The van der Waals surface area contributed by atoms with Gasteiger partial charge in [0, 0.05) is 0 Å². The highest BCUT2D eigenvalue weighted by Gasteiger charge is 2.32. The number of ether oxygens (including phenoxy) is 4. The van der Waals surface area contributed by atoms with Crippen LogP contribution < -0.4 is 4.74 Å². The van der Waals surface area contributed by atoms with Crippen molar-refractivity contribution in [3.05, 3.63) is 66.1 Å². The number of rotatable bonds is 7. The number of methoxy groups -OCH3 is 2. The van der Waals surface area contributed by atoms with Crippen LogP contribution in [0, 0.1) is 0 Å². The van der Waals surface area contributed by atoms with Crippen LogP contribution in [0.3, 0.4) is 0 Å². The van der Waals surface area contributed by atoms with Gasteiger partial charge in [-0.3, -0.25) is 0 Å². The second-order valence-electron chi connectivity index (χ2n) is 7.26. The monoisotopic (exact) mass is 448 g/mol. The molecule has 31 heavy (non-hydrogen) atoms. The van der Waals surface area contributed by atoms with E-state index in [1.165, 1.54) is 37.4 Å². The number of benzene rings is 2. The van der Waals surface area contributed by atoms with Crippen LogP contribution in [-0.2, 0) is 28.8 Å². The van der Waals surface area contributed by atoms with Crippen molar-refractivity contribution in [3.63, 3.8) is 0 Å². The molecule has 0 radical (unpaired) electrons. The summed E-state index contributed by atoms with van der Waals surface area (Å²) in [6, 6.07) is 11.6. The second-order valence-corrected chi connectivity index (χ2v) is 9.18. The zero-order valence-electron chi connectivity index (χ0n) is 17.9. The fraction of sp³-hybridized carbons (Fsp3) is 0.273. The quantitative estimate of drug-likeness (QED) is 0.360. The molecular formula is C22H24O8S. The van der Waals surface area contributed by atoms with Gasteiger partial charge in [-0.1, -0.05) is 24.3 Å². The van der Waals surface area contributed by atoms with Crippen LogP contribution in [0.15, 0.2) is 70.3 Å². The van der Waals surface area contributed by atoms with E-state index in [4.69, 9.17) is 14.2 Å². The molecule has 0 heterocycles. The van der Waals surface area contributed by atoms with Crippen LogP contribution in [0.1, 0.15) is 31.1 Å². The van der Waals surface area contributed by atoms with Crippen molar-refractivity contribution < 1.29 is 37.0 Å². The highest BCUT2D eigenvalue weighted by molar-refractivity contribution is 7.91. The molecule has 0 aliphatic heterocycles. The smallest absolute Gasteiger partial charge is 0.377 e. The van der Waals surface area contributed by atoms with E-state index in [2.05, 4.69) is 4.74 Å². The lowest BCUT2D eigenvalue weighted by Gasteiger charge is -2.22. The van der Waals surface area contributed by atoms with E-state index in [9.17, 15) is 18.0 Å². The summed E-state index contributed by atoms with van der Waals surface area (Å²) in [5.41, 5.74) is -1.27. The van der Waals surface area contributed by atoms with Crippen molar-refractivity contribution in [1.29, 1.82) is 0 Å². The molecule has 0 atom stereocenters. The third kappa shape index (κ3) is 5.85. The Labute approximate surface area is 181 Å². The van der Waals surface area contributed by atoms with Crippen molar-refractivity contribution in [2.75, 3.05) is 14.2 Å². The molecule has 9 heteroatoms. The first-order valence-electron chi connectivity index (χ1n) is 9.17. The summed E-state index contributed by atoms with van der Waals surface area (Å²) in [6.45, 7) is 4.93. The Bertz CT molecular complexity index is 1080. The SMILES string of the molecule is COC=C(Oc1cccc(S(=O)(=O)c2ccccc2)c1C(=O)OC(C)(C)C)C(=O)OC. The van der Waals surface area contributed by atoms with Crippen molar-refractivity contribution >= 4 is 21.8 Å². The first-order valence-corrected chi connectivity index (χ1v) is 10.6. The Balaban J connectivity index is 2.72. The fourth-order valence-corrected chi connectivity index (χ4v) is 4.00. The molecule has 0 fully saturated rings. The lowest BCUT2D eigenvalue weighted by atomic mass is 10.1. The first-order chi connectivity index (χ1) is 14.5. The Kier molecular flexibility index (Phi) is 7.46. The van der Waals surface area contributed by atoms with Gasteiger partial charge in [-0.2, -0.15) is 0 Å². The number of hydrogen-bond donors (Lipinski definition) is 0. The first kappa shape index (κ1) is 23.9. The maximum absolute atomic E-state index is 13.3. The lowest BCUT2D eigenvalue weighted by Crippen LogP contribution is -2.26. The molecule has 8 nitrogen and oxygen atoms in total. The van der Waals surface area contributed by atoms with Gasteiger partial charge in [0.1, 0.15) is 23.2 Å². The summed E-state index contributed by atoms with van der Waals surface area (Å²) in [4.78, 5) is 24.7. The second kappa shape index (κ2) is 9.65. The van der Waals surface area contributed by atoms with Gasteiger partial charge in [0.2, 0.25) is 15.6 Å². The minimum absolute atomic E-state index is 0.0161. The average Bonchev–Trinajstić information content (AvgIpc) is 2.72. The van der Waals surface area contributed by atoms with Crippen molar-refractivity contribution in [1.82, 2.24) is 0 Å². The van der Waals surface area contributed by atoms with Gasteiger partial charge in [0.15, 0.2) is 0 Å². The molecule has 0 bridgehead atoms. The topological polar surface area (TPSA) is 105 Å². The standard InChI is InChI=1S/C22H24O8S/c1-22(2,3)30-21(24)19-16(29-17(14-27-4)20(23)28-5)12-9-13-18(19)31(25,26)15-10-7-6-8-11-15/h6-14H,1-5H3. The van der Waals surface area contributed by atoms with Crippen LogP contribution in [0.25, 0.3) is 0 Å². The zero-order valence-corrected chi connectivity index (χ0v) is 18.7. The van der Waals surface area contributed by atoms with Crippen molar-refractivity contribution in [3.8, 4) is 5.75 Å². The molecule has 166 valence electrons. The van der Waals surface area contributed by atoms with E-state index in [1.54, 1.807) is 39.0 Å². The number of sulfone groups is 1. The summed E-state index contributed by atoms with van der Waals surface area (Å²) in [5, 5.41) is 0. The van der Waals surface area contributed by atoms with Crippen LogP contribution in [0.5, 0.6) is 5.75 Å². The van der Waals surface area contributed by atoms with Gasteiger partial charge < -0.3 is 18.9 Å². The van der Waals surface area contributed by atoms with E-state index in [0.717, 1.165) is 13.4 Å². The van der Waals surface area contributed by atoms with Gasteiger partial charge in [0.25, 0.3) is 0 Å². The van der Waals surface area contributed by atoms with Crippen molar-refractivity contribution in [2.45, 2.75) is 36.2 Å². The summed E-state index contributed by atoms with van der Waals surface area (Å²) < 4.78 is 47.0. The Morgan fingerprint density at radius 2 is 1.58 bits per heavy atom. The third-order valence-electron chi connectivity index (χ3n) is 3.77. The van der Waals surface area contributed by atoms with Gasteiger partial charge in [-0.25, -0.2) is 18.0 Å². The molecular weight excluding hydrogens is 424 g/mol. The van der Waals surface area contributed by atoms with E-state index in [-0.39, 0.29) is 26.9 Å². The minimum Gasteiger partial charge on any atom is -0.500 e. The molecule has 0 unspecified atom stereocenters. The molecule has 0 aromatic heterocycles. The molecule has 0 aliphatic rings. The average molecular weight is 448 g/mol. The number of hydrogen-bond acceptors (Lipinski definition) is 8. The normalized spacial score (nSPS) is 12.1. The van der Waals surface area contributed by atoms with Gasteiger partial charge in [0.05, 0.1) is 24.0 Å². The molecule has 0 N–H and O–H groups in total. The highest BCUT2D eigenvalue weighted by atomic mass is 32.2. The zero-order chi connectivity index (χ0) is 23.2. The van der Waals surface area contributed by atoms with Gasteiger partial charge in [-0.05, 0) is 45.0 Å². The molecule has 0 saturated heterocycles. The van der Waals surface area contributed by atoms with Crippen LogP contribution in [0.4, 0.5) is 0 Å². The maximum Gasteiger partial charge on any atom is 0.377 e. The lowest BCUT2D eigenvalue weighted by molar-refractivity contribution is -0.138. The van der Waals surface area contributed by atoms with Crippen LogP contribution >= 0.6 is 0 Å². The van der Waals surface area contributed by atoms with Gasteiger partial charge >= 0.3 is 11.9 Å². The van der Waals surface area contributed by atoms with Crippen LogP contribution in [-0.4, -0.2) is 40.2 Å². The van der Waals surface area contributed by atoms with E-state index >= 15 is 0 Å². The number of carbonyl (C=O) groups excluding carboxylic acids is 2. The summed E-state index contributed by atoms with van der Waals surface area (Å²) in [6.07, 6.45) is 0.975. The highest BCUT2D eigenvalue weighted by Crippen LogP contribution is 2.33. The molecule has 2 aromatic rings. The third-order valence-corrected chi connectivity index (χ3v) is 5.58. The fourth-order valence-electron chi connectivity index (χ4n) is 2.52. The minimum atomic E-state index is -4.11. The Morgan fingerprint density at radius 3 is 2.13 bits per heavy atom. The molecule has 0 aliphatic carbocycles. The summed E-state index contributed by atoms with van der Waals surface area (Å²) in [7, 11) is -1.69. The molecule has 0 spiro atoms. The number of esters is 2. The van der Waals surface area contributed by atoms with Crippen LogP contribution in [0.2, 0.25) is 0 Å². The predicted octanol–water partition coefficient (Wildman–Crippen LogP) is 3.51. The number of carbonyl (C=O) groups is 2. The predicted molar refractivity (Wildman–Crippen MR) is 111 cm³/mol. The van der Waals surface area contributed by atoms with E-state index in [0.29, 0.717) is 0 Å². The van der Waals surface area contributed by atoms with E-state index < -0.39 is 27.4 Å². The molecule has 0 amide bonds. The molecule has 2 aromatic carbocycles. The maximum atomic E-state index is 13.3. The van der Waals surface area contributed by atoms with E-state index in [1.807, 2.05) is 0 Å².